The molecule has 0 amide bonds. The second-order valence-corrected chi connectivity index (χ2v) is 10.9. The zero-order valence-electron chi connectivity index (χ0n) is 14.8. The first kappa shape index (κ1) is 20.5. The number of benzene rings is 1. The zero-order chi connectivity index (χ0) is 20.6. The van der Waals surface area contributed by atoms with Crippen molar-refractivity contribution in [3.05, 3.63) is 34.1 Å². The summed E-state index contributed by atoms with van der Waals surface area (Å²) >= 11 is 2.51. The molecule has 13 heteroatoms. The highest BCUT2D eigenvalue weighted by Gasteiger charge is 2.33. The maximum absolute atomic E-state index is 12.7. The van der Waals surface area contributed by atoms with E-state index in [-0.39, 0.29) is 27.3 Å². The first-order valence-corrected chi connectivity index (χ1v) is 12.7. The molecule has 2 aliphatic rings. The van der Waals surface area contributed by atoms with E-state index >= 15 is 0 Å². The fourth-order valence-corrected chi connectivity index (χ4v) is 6.79. The van der Waals surface area contributed by atoms with Crippen molar-refractivity contribution >= 4 is 71.5 Å². The maximum atomic E-state index is 12.7. The van der Waals surface area contributed by atoms with E-state index in [2.05, 4.69) is 35.4 Å². The van der Waals surface area contributed by atoms with Gasteiger partial charge in [0.05, 0.1) is 11.4 Å². The largest absolute Gasteiger partial charge is 0.504 e. The summed E-state index contributed by atoms with van der Waals surface area (Å²) in [6.45, 7) is 0.890. The fourth-order valence-electron chi connectivity index (χ4n) is 2.90. The number of hydrogen-bond acceptors (Lipinski definition) is 7. The summed E-state index contributed by atoms with van der Waals surface area (Å²) in [6.07, 6.45) is 1.61. The molecule has 1 fully saturated rings. The molecule has 3 heterocycles. The van der Waals surface area contributed by atoms with E-state index in [1.165, 1.54) is 9.69 Å². The summed E-state index contributed by atoms with van der Waals surface area (Å²) in [6, 6.07) is 7.31. The molecule has 9 nitrogen and oxygen atoms in total. The van der Waals surface area contributed by atoms with Crippen LogP contribution < -0.4 is 10.6 Å². The molecular formula is C16H16BrN5O4S3. The first-order chi connectivity index (χ1) is 13.9. The lowest BCUT2D eigenvalue weighted by Crippen LogP contribution is -2.28. The molecule has 1 aromatic carbocycles. The Kier molecular flexibility index (Phi) is 5.75. The minimum absolute atomic E-state index is 0.126. The van der Waals surface area contributed by atoms with E-state index in [4.69, 9.17) is 0 Å². The number of halogens is 1. The molecule has 2 aliphatic heterocycles. The van der Waals surface area contributed by atoms with Gasteiger partial charge in [-0.05, 0) is 40.9 Å². The van der Waals surface area contributed by atoms with Crippen LogP contribution in [0.5, 0.6) is 5.75 Å². The normalized spacial score (nSPS) is 19.8. The van der Waals surface area contributed by atoms with Gasteiger partial charge in [-0.1, -0.05) is 12.1 Å². The topological polar surface area (TPSA) is 123 Å². The number of anilines is 2. The van der Waals surface area contributed by atoms with Crippen LogP contribution in [0.25, 0.3) is 0 Å². The van der Waals surface area contributed by atoms with Crippen molar-refractivity contribution < 1.29 is 17.7 Å². The smallest absolute Gasteiger partial charge is 0.269 e. The molecule has 1 atom stereocenters. The van der Waals surface area contributed by atoms with Crippen molar-refractivity contribution in [2.24, 2.45) is 8.80 Å². The molecule has 2 aromatic rings. The van der Waals surface area contributed by atoms with E-state index < -0.39 is 21.2 Å². The van der Waals surface area contributed by atoms with Crippen LogP contribution in [-0.2, 0) is 21.2 Å². The molecular weight excluding hydrogens is 502 g/mol. The van der Waals surface area contributed by atoms with Gasteiger partial charge >= 0.3 is 0 Å². The molecule has 1 aromatic heterocycles. The number of sulfonamides is 1. The molecule has 0 saturated carbocycles. The van der Waals surface area contributed by atoms with Crippen molar-refractivity contribution in [3.8, 4) is 5.75 Å². The van der Waals surface area contributed by atoms with Gasteiger partial charge in [0, 0.05) is 22.9 Å². The third kappa shape index (κ3) is 4.10. The molecule has 0 spiro atoms. The fraction of sp³-hybridized carbons (Fsp3) is 0.250. The Bertz CT molecular complexity index is 1140. The molecule has 0 aliphatic carbocycles. The number of rotatable bonds is 4. The van der Waals surface area contributed by atoms with Gasteiger partial charge in [0.1, 0.15) is 0 Å². The Morgan fingerprint density at radius 1 is 1.10 bits per heavy atom. The minimum atomic E-state index is -3.75. The Morgan fingerprint density at radius 3 is 2.38 bits per heavy atom. The van der Waals surface area contributed by atoms with Crippen LogP contribution in [0.3, 0.4) is 0 Å². The van der Waals surface area contributed by atoms with E-state index in [0.29, 0.717) is 18.8 Å². The Labute approximate surface area is 182 Å². The molecule has 154 valence electrons. The van der Waals surface area contributed by atoms with Gasteiger partial charge < -0.3 is 15.7 Å². The molecule has 3 N–H and O–H groups in total. The summed E-state index contributed by atoms with van der Waals surface area (Å²) in [5.74, 6) is -0.0374. The highest BCUT2D eigenvalue weighted by atomic mass is 79.9. The number of nitrogens with zero attached hydrogens (tertiary/aromatic N) is 3. The summed E-state index contributed by atoms with van der Waals surface area (Å²) in [4.78, 5) is 0. The van der Waals surface area contributed by atoms with Crippen LogP contribution in [0.4, 0.5) is 11.4 Å². The van der Waals surface area contributed by atoms with Crippen LogP contribution in [0.2, 0.25) is 0 Å². The van der Waals surface area contributed by atoms with E-state index in [9.17, 15) is 17.7 Å². The maximum Gasteiger partial charge on any atom is 0.269 e. The van der Waals surface area contributed by atoms with Gasteiger partial charge in [-0.3, -0.25) is 0 Å². The van der Waals surface area contributed by atoms with Crippen LogP contribution in [-0.4, -0.2) is 46.8 Å². The third-order valence-electron chi connectivity index (χ3n) is 4.31. The predicted molar refractivity (Wildman–Crippen MR) is 118 cm³/mol. The second kappa shape index (κ2) is 8.14. The Balaban J connectivity index is 1.57. The molecule has 4 rings (SSSR count). The van der Waals surface area contributed by atoms with E-state index in [1.54, 1.807) is 6.07 Å². The molecule has 0 radical (unpaired) electrons. The first-order valence-electron chi connectivity index (χ1n) is 8.55. The van der Waals surface area contributed by atoms with Crippen molar-refractivity contribution in [1.82, 2.24) is 4.31 Å². The lowest BCUT2D eigenvalue weighted by molar-refractivity contribution is 0.451. The molecule has 1 saturated heterocycles. The quantitative estimate of drug-likeness (QED) is 0.572. The van der Waals surface area contributed by atoms with Gasteiger partial charge in [0.2, 0.25) is 0 Å². The average molecular weight is 518 g/mol. The summed E-state index contributed by atoms with van der Waals surface area (Å²) < 4.78 is 47.2. The highest BCUT2D eigenvalue weighted by molar-refractivity contribution is 9.10. The molecule has 29 heavy (non-hydrogen) atoms. The van der Waals surface area contributed by atoms with Crippen molar-refractivity contribution in [2.45, 2.75) is 17.1 Å². The number of para-hydroxylation sites is 1. The summed E-state index contributed by atoms with van der Waals surface area (Å²) in [5.41, 5.74) is 0.846. The monoisotopic (exact) mass is 517 g/mol. The van der Waals surface area contributed by atoms with Gasteiger partial charge in [0.15, 0.2) is 21.6 Å². The summed E-state index contributed by atoms with van der Waals surface area (Å²) in [7, 11) is -3.75. The van der Waals surface area contributed by atoms with Gasteiger partial charge in [-0.2, -0.15) is 4.31 Å². The number of hydrogen-bond donors (Lipinski definition) is 3. The average Bonchev–Trinajstić information content (AvgIpc) is 3.40. The van der Waals surface area contributed by atoms with Gasteiger partial charge in [0.25, 0.3) is 21.2 Å². The number of amidine groups is 2. The molecule has 0 bridgehead atoms. The Hall–Kier alpha value is -1.80. The van der Waals surface area contributed by atoms with Crippen LogP contribution >= 0.6 is 27.3 Å². The summed E-state index contributed by atoms with van der Waals surface area (Å²) in [5, 5.41) is 17.9. The minimum Gasteiger partial charge on any atom is -0.504 e. The van der Waals surface area contributed by atoms with E-state index in [0.717, 1.165) is 28.7 Å². The van der Waals surface area contributed by atoms with E-state index in [1.807, 2.05) is 18.2 Å². The number of aromatic hydroxyl groups is 1. The van der Waals surface area contributed by atoms with Crippen LogP contribution in [0, 0.1) is 0 Å². The second-order valence-electron chi connectivity index (χ2n) is 6.24. The highest BCUT2D eigenvalue weighted by Crippen LogP contribution is 2.40. The van der Waals surface area contributed by atoms with Gasteiger partial charge in [-0.15, -0.1) is 20.1 Å². The number of thiophene rings is 1. The van der Waals surface area contributed by atoms with Crippen LogP contribution in [0.15, 0.2) is 47.1 Å². The van der Waals surface area contributed by atoms with Crippen molar-refractivity contribution in [2.75, 3.05) is 23.7 Å². The lowest BCUT2D eigenvalue weighted by atomic mass is 10.3. The third-order valence-corrected chi connectivity index (χ3v) is 9.07. The predicted octanol–water partition coefficient (Wildman–Crippen LogP) is 2.91. The SMILES string of the molecule is O=S1N=C(Nc2ccccc2Br)C(Nc2csc(S(=O)(=O)N3CCCC3)c2O)=N1. The zero-order valence-corrected chi connectivity index (χ0v) is 18.9. The number of nitrogens with one attached hydrogen (secondary N) is 2. The van der Waals surface area contributed by atoms with Crippen molar-refractivity contribution in [3.63, 3.8) is 0 Å². The Morgan fingerprint density at radius 2 is 1.72 bits per heavy atom. The lowest BCUT2D eigenvalue weighted by Gasteiger charge is -2.14. The van der Waals surface area contributed by atoms with Crippen LogP contribution in [0.1, 0.15) is 12.8 Å². The van der Waals surface area contributed by atoms with Crippen molar-refractivity contribution in [1.29, 1.82) is 0 Å². The molecule has 1 unspecified atom stereocenters. The van der Waals surface area contributed by atoms with Gasteiger partial charge in [-0.25, -0.2) is 12.6 Å². The standard InChI is InChI=1S/C16H16BrN5O4S3/c17-10-5-1-2-6-11(10)18-14-15(21-28(24)20-14)19-12-9-27-16(13(12)23)29(25,26)22-7-3-4-8-22/h1-2,5-6,9,23H,3-4,7-8H2,(H,18,20)(H,19,21).